The zero-order valence-corrected chi connectivity index (χ0v) is 4.61. The molecule has 0 radical (unpaired) electrons. The van der Waals surface area contributed by atoms with E-state index >= 15 is 0 Å². The van der Waals surface area contributed by atoms with E-state index in [9.17, 15) is 0 Å². The Morgan fingerprint density at radius 2 is 1.22 bits per heavy atom. The summed E-state index contributed by atoms with van der Waals surface area (Å²) < 4.78 is 8.74. The fraction of sp³-hybridized carbons (Fsp3) is 0. The minimum atomic E-state index is -3.13. The van der Waals surface area contributed by atoms with Gasteiger partial charge in [-0.2, -0.15) is 0 Å². The van der Waals surface area contributed by atoms with Crippen molar-refractivity contribution >= 4 is 44.9 Å². The second-order valence-corrected chi connectivity index (χ2v) is 1.13. The Morgan fingerprint density at radius 3 is 1.22 bits per heavy atom. The predicted molar refractivity (Wildman–Crippen MR) is 28.7 cm³/mol. The van der Waals surface area contributed by atoms with Gasteiger partial charge in [-0.25, -0.2) is 4.79 Å². The van der Waals surface area contributed by atoms with E-state index < -0.39 is 15.3 Å². The molecule has 9 heavy (non-hydrogen) atoms. The van der Waals surface area contributed by atoms with Gasteiger partial charge in [-0.15, -0.1) is 0 Å². The fourth-order valence-corrected chi connectivity index (χ4v) is 0. The molecule has 0 aromatic carbocycles. The molecule has 0 aromatic rings. The van der Waals surface area contributed by atoms with Gasteiger partial charge >= 0.3 is 44.9 Å². The Morgan fingerprint density at radius 1 is 1.22 bits per heavy atom. The number of rotatable bonds is 0. The Balaban J connectivity index is -0.0000000720. The third-order valence-corrected chi connectivity index (χ3v) is 0. The van der Waals surface area contributed by atoms with E-state index in [2.05, 4.69) is 0 Å². The number of carbonyl (C=O) groups is 1. The summed E-state index contributed by atoms with van der Waals surface area (Å²) >= 11 is 0. The average molecular weight is 164 g/mol. The molecule has 50 valence electrons. The van der Waals surface area contributed by atoms with E-state index in [1.807, 2.05) is 0 Å². The van der Waals surface area contributed by atoms with E-state index in [0.717, 1.165) is 0 Å². The van der Waals surface area contributed by atoms with E-state index in [1.165, 1.54) is 0 Å². The summed E-state index contributed by atoms with van der Waals surface area (Å²) in [4.78, 5) is 22.9. The van der Waals surface area contributed by atoms with Crippen LogP contribution in [0.2, 0.25) is 0 Å². The van der Waals surface area contributed by atoms with Crippen LogP contribution in [0.1, 0.15) is 0 Å². The molecule has 6 nitrogen and oxygen atoms in total. The van der Waals surface area contributed by atoms with Crippen LogP contribution in [0, 0.1) is 0 Å². The summed E-state index contributed by atoms with van der Waals surface area (Å²) in [5.41, 5.74) is 0. The normalized spacial score (nSPS) is 5.33. The van der Waals surface area contributed by atoms with Gasteiger partial charge in [0.05, 0.1) is 0 Å². The topological polar surface area (TPSA) is 115 Å². The molecule has 0 saturated heterocycles. The first-order chi connectivity index (χ1) is 3.46. The van der Waals surface area contributed by atoms with Gasteiger partial charge in [-0.1, -0.05) is 0 Å². The molecule has 0 rings (SSSR count). The molecule has 8 heteroatoms. The molecule has 0 atom stereocenters. The second-order valence-electron chi connectivity index (χ2n) is 0.565. The van der Waals surface area contributed by atoms with Crippen LogP contribution in [0.25, 0.3) is 0 Å². The summed E-state index contributed by atoms with van der Waals surface area (Å²) in [6.45, 7) is 0. The Hall–Kier alpha value is -0.113. The zero-order valence-electron chi connectivity index (χ0n) is 3.61. The van der Waals surface area contributed by atoms with E-state index in [-0.39, 0.29) is 29.6 Å². The first-order valence-electron chi connectivity index (χ1n) is 1.30. The number of hydrogen-bond donors (Lipinski definition) is 4. The molecular formula is CH5NaO6Si. The first-order valence-corrected chi connectivity index (χ1v) is 2.61. The molecule has 0 saturated carbocycles. The zero-order chi connectivity index (χ0) is 7.15. The van der Waals surface area contributed by atoms with E-state index in [1.54, 1.807) is 0 Å². The molecular weight excluding hydrogens is 159 g/mol. The molecule has 0 heterocycles. The molecule has 0 aliphatic rings. The maximum atomic E-state index is 8.74. The summed E-state index contributed by atoms with van der Waals surface area (Å²) in [5, 5.41) is 13.9. The Bertz CT molecular complexity index is 71.1. The van der Waals surface area contributed by atoms with Crippen molar-refractivity contribution in [3.8, 4) is 0 Å². The van der Waals surface area contributed by atoms with Gasteiger partial charge in [0.25, 0.3) is 0 Å². The Kier molecular flexibility index (Phi) is 19.1. The fourth-order valence-electron chi connectivity index (χ4n) is 0. The van der Waals surface area contributed by atoms with Gasteiger partial charge in [-0.05, 0) is 0 Å². The van der Waals surface area contributed by atoms with Crippen molar-refractivity contribution in [1.29, 1.82) is 0 Å². The van der Waals surface area contributed by atoms with Crippen LogP contribution in [0.5, 0.6) is 0 Å². The maximum absolute atomic E-state index is 8.74. The standard InChI is InChI=1S/CH2O3.Na.H2O3Si.H/c2-1(3)4;;1-4(2)3;/h(H2,2,3,4);;1-2H;. The molecule has 0 aliphatic carbocycles. The molecule has 0 amide bonds. The van der Waals surface area contributed by atoms with Crippen molar-refractivity contribution in [2.45, 2.75) is 0 Å². The van der Waals surface area contributed by atoms with Gasteiger partial charge in [0.15, 0.2) is 0 Å². The molecule has 0 unspecified atom stereocenters. The Labute approximate surface area is 73.9 Å². The van der Waals surface area contributed by atoms with Crippen molar-refractivity contribution in [2.24, 2.45) is 0 Å². The van der Waals surface area contributed by atoms with Crippen LogP contribution in [0.3, 0.4) is 0 Å². The SMILES string of the molecule is O=C(O)O.O=[Si](O)O.[NaH]. The van der Waals surface area contributed by atoms with Crippen molar-refractivity contribution < 1.29 is 29.1 Å². The monoisotopic (exact) mass is 164 g/mol. The summed E-state index contributed by atoms with van der Waals surface area (Å²) in [6.07, 6.45) is -1.83. The van der Waals surface area contributed by atoms with Gasteiger partial charge in [0.1, 0.15) is 0 Å². The van der Waals surface area contributed by atoms with Gasteiger partial charge in [0, 0.05) is 0 Å². The van der Waals surface area contributed by atoms with Crippen LogP contribution in [0.15, 0.2) is 0 Å². The van der Waals surface area contributed by atoms with Crippen LogP contribution in [0.4, 0.5) is 4.79 Å². The molecule has 0 fully saturated rings. The molecule has 4 N–H and O–H groups in total. The third-order valence-electron chi connectivity index (χ3n) is 0. The summed E-state index contributed by atoms with van der Waals surface area (Å²) in [5.74, 6) is 0. The van der Waals surface area contributed by atoms with Gasteiger partial charge in [0.2, 0.25) is 0 Å². The minimum absolute atomic E-state index is 0. The van der Waals surface area contributed by atoms with Crippen LogP contribution in [-0.4, -0.2) is 64.7 Å². The molecule has 0 spiro atoms. The van der Waals surface area contributed by atoms with E-state index in [0.29, 0.717) is 0 Å². The number of carboxylic acid groups (broad SMARTS) is 2. The average Bonchev–Trinajstić information content (AvgIpc) is 1.25. The summed E-state index contributed by atoms with van der Waals surface area (Å²) in [6, 6.07) is 0. The molecule has 0 aromatic heterocycles. The van der Waals surface area contributed by atoms with Crippen LogP contribution >= 0.6 is 0 Å². The van der Waals surface area contributed by atoms with Gasteiger partial charge < -0.3 is 19.8 Å². The summed E-state index contributed by atoms with van der Waals surface area (Å²) in [7, 11) is -3.13. The van der Waals surface area contributed by atoms with E-state index in [4.69, 9.17) is 29.1 Å². The first kappa shape index (κ1) is 16.0. The van der Waals surface area contributed by atoms with Crippen molar-refractivity contribution in [2.75, 3.05) is 0 Å². The van der Waals surface area contributed by atoms with Crippen molar-refractivity contribution in [1.82, 2.24) is 0 Å². The van der Waals surface area contributed by atoms with Crippen LogP contribution in [-0.2, 0) is 4.46 Å². The second kappa shape index (κ2) is 10.8. The van der Waals surface area contributed by atoms with Crippen molar-refractivity contribution in [3.05, 3.63) is 0 Å². The quantitative estimate of drug-likeness (QED) is 0.306. The third kappa shape index (κ3) is 21400. The predicted octanol–water partition coefficient (Wildman–Crippen LogP) is -2.04. The molecule has 0 aliphatic heterocycles. The number of hydrogen-bond acceptors (Lipinski definition) is 2. The molecule has 0 bridgehead atoms. The van der Waals surface area contributed by atoms with Gasteiger partial charge in [-0.3, -0.25) is 4.46 Å². The van der Waals surface area contributed by atoms with Crippen LogP contribution < -0.4 is 0 Å². The van der Waals surface area contributed by atoms with Crippen molar-refractivity contribution in [3.63, 3.8) is 0 Å².